The monoisotopic (exact) mass is 378 g/mol. The first kappa shape index (κ1) is 16.6. The second-order valence-corrected chi connectivity index (χ2v) is 6.52. The van der Waals surface area contributed by atoms with E-state index in [9.17, 15) is 9.59 Å². The van der Waals surface area contributed by atoms with E-state index in [0.717, 1.165) is 20.7 Å². The number of carbonyl (C=O) groups is 2. The Hall–Kier alpha value is -1.79. The number of anilines is 2. The lowest BCUT2D eigenvalue weighted by molar-refractivity contribution is -0.114. The molecule has 0 spiro atoms. The van der Waals surface area contributed by atoms with Crippen LogP contribution in [0.4, 0.5) is 11.4 Å². The van der Waals surface area contributed by atoms with Gasteiger partial charge in [-0.3, -0.25) is 9.59 Å². The van der Waals surface area contributed by atoms with Crippen molar-refractivity contribution in [3.8, 4) is 0 Å². The molecule has 2 amide bonds. The molecule has 0 saturated heterocycles. The first-order valence-electron chi connectivity index (χ1n) is 6.59. The number of carbonyl (C=O) groups excluding carboxylic acids is 2. The third-order valence-electron chi connectivity index (χ3n) is 2.65. The second-order valence-electron chi connectivity index (χ2n) is 4.55. The largest absolute Gasteiger partial charge is 0.326 e. The van der Waals surface area contributed by atoms with Crippen molar-refractivity contribution in [3.05, 3.63) is 53.0 Å². The third-order valence-corrected chi connectivity index (χ3v) is 4.17. The summed E-state index contributed by atoms with van der Waals surface area (Å²) >= 11 is 4.77. The summed E-state index contributed by atoms with van der Waals surface area (Å²) in [6.45, 7) is 1.46. The van der Waals surface area contributed by atoms with Crippen LogP contribution >= 0.6 is 27.7 Å². The number of hydrogen-bond donors (Lipinski definition) is 2. The molecule has 0 bridgehead atoms. The van der Waals surface area contributed by atoms with Crippen LogP contribution < -0.4 is 10.6 Å². The van der Waals surface area contributed by atoms with Crippen molar-refractivity contribution in [2.24, 2.45) is 0 Å². The van der Waals surface area contributed by atoms with Crippen LogP contribution in [0.3, 0.4) is 0 Å². The Labute approximate surface area is 141 Å². The molecule has 4 nitrogen and oxygen atoms in total. The smallest absolute Gasteiger partial charge is 0.234 e. The molecule has 0 heterocycles. The number of halogens is 1. The highest BCUT2D eigenvalue weighted by Crippen LogP contribution is 2.22. The molecule has 0 aliphatic carbocycles. The normalized spacial score (nSPS) is 10.1. The molecule has 2 N–H and O–H groups in total. The molecule has 0 fully saturated rings. The highest BCUT2D eigenvalue weighted by Gasteiger charge is 2.05. The van der Waals surface area contributed by atoms with Crippen molar-refractivity contribution < 1.29 is 9.59 Å². The zero-order valence-corrected chi connectivity index (χ0v) is 14.3. The van der Waals surface area contributed by atoms with Gasteiger partial charge in [-0.05, 0) is 42.5 Å². The number of thioether (sulfide) groups is 1. The van der Waals surface area contributed by atoms with Crippen molar-refractivity contribution in [3.63, 3.8) is 0 Å². The Kier molecular flexibility index (Phi) is 6.03. The molecule has 2 aromatic rings. The predicted molar refractivity (Wildman–Crippen MR) is 94.2 cm³/mol. The van der Waals surface area contributed by atoms with Gasteiger partial charge in [0.2, 0.25) is 11.8 Å². The zero-order valence-electron chi connectivity index (χ0n) is 11.9. The van der Waals surface area contributed by atoms with Gasteiger partial charge in [0.15, 0.2) is 0 Å². The third kappa shape index (κ3) is 5.54. The fourth-order valence-corrected chi connectivity index (χ4v) is 2.77. The van der Waals surface area contributed by atoms with Gasteiger partial charge in [-0.2, -0.15) is 0 Å². The van der Waals surface area contributed by atoms with Crippen LogP contribution in [0.25, 0.3) is 0 Å². The molecule has 6 heteroatoms. The molecule has 2 aromatic carbocycles. The van der Waals surface area contributed by atoms with Crippen LogP contribution in [0.15, 0.2) is 57.9 Å². The van der Waals surface area contributed by atoms with E-state index in [1.54, 1.807) is 0 Å². The Morgan fingerprint density at radius 2 is 1.77 bits per heavy atom. The van der Waals surface area contributed by atoms with E-state index in [1.807, 2.05) is 48.5 Å². The molecule has 0 unspecified atom stereocenters. The van der Waals surface area contributed by atoms with E-state index >= 15 is 0 Å². The lowest BCUT2D eigenvalue weighted by atomic mass is 10.3. The van der Waals surface area contributed by atoms with Crippen molar-refractivity contribution in [1.29, 1.82) is 0 Å². The fraction of sp³-hybridized carbons (Fsp3) is 0.125. The van der Waals surface area contributed by atoms with E-state index in [4.69, 9.17) is 0 Å². The van der Waals surface area contributed by atoms with Crippen molar-refractivity contribution >= 4 is 50.9 Å². The van der Waals surface area contributed by atoms with Gasteiger partial charge in [0, 0.05) is 27.7 Å². The van der Waals surface area contributed by atoms with Crippen LogP contribution in [0.1, 0.15) is 6.92 Å². The van der Waals surface area contributed by atoms with Crippen molar-refractivity contribution in [1.82, 2.24) is 0 Å². The summed E-state index contributed by atoms with van der Waals surface area (Å²) in [4.78, 5) is 23.9. The van der Waals surface area contributed by atoms with Crippen LogP contribution in [-0.4, -0.2) is 17.6 Å². The summed E-state index contributed by atoms with van der Waals surface area (Å²) in [5.41, 5.74) is 1.49. The molecule has 0 aromatic heterocycles. The highest BCUT2D eigenvalue weighted by molar-refractivity contribution is 9.10. The van der Waals surface area contributed by atoms with Gasteiger partial charge in [-0.25, -0.2) is 0 Å². The van der Waals surface area contributed by atoms with Crippen LogP contribution in [0.2, 0.25) is 0 Å². The maximum atomic E-state index is 11.9. The summed E-state index contributed by atoms with van der Waals surface area (Å²) in [6.07, 6.45) is 0. The standard InChI is InChI=1S/C16H15BrN2O2S/c1-11(20)18-14-3-2-4-15(9-14)22-10-16(21)19-13-7-5-12(17)6-8-13/h2-9H,10H2,1H3,(H,18,20)(H,19,21). The topological polar surface area (TPSA) is 58.2 Å². The van der Waals surface area contributed by atoms with Crippen LogP contribution in [0, 0.1) is 0 Å². The minimum absolute atomic E-state index is 0.0720. The van der Waals surface area contributed by atoms with Crippen molar-refractivity contribution in [2.75, 3.05) is 16.4 Å². The van der Waals surface area contributed by atoms with Crippen molar-refractivity contribution in [2.45, 2.75) is 11.8 Å². The first-order chi connectivity index (χ1) is 10.5. The molecule has 0 aliphatic heterocycles. The quantitative estimate of drug-likeness (QED) is 0.768. The van der Waals surface area contributed by atoms with E-state index < -0.39 is 0 Å². The van der Waals surface area contributed by atoms with Gasteiger partial charge in [0.1, 0.15) is 0 Å². The molecule has 0 radical (unpaired) electrons. The summed E-state index contributed by atoms with van der Waals surface area (Å²) in [5, 5.41) is 5.56. The van der Waals surface area contributed by atoms with Gasteiger partial charge < -0.3 is 10.6 Å². The number of amides is 2. The molecular weight excluding hydrogens is 364 g/mol. The molecular formula is C16H15BrN2O2S. The number of nitrogens with one attached hydrogen (secondary N) is 2. The van der Waals surface area contributed by atoms with Gasteiger partial charge >= 0.3 is 0 Å². The maximum Gasteiger partial charge on any atom is 0.234 e. The summed E-state index contributed by atoms with van der Waals surface area (Å²) in [5.74, 6) is 0.118. The van der Waals surface area contributed by atoms with Gasteiger partial charge in [-0.1, -0.05) is 22.0 Å². The molecule has 0 saturated carbocycles. The number of benzene rings is 2. The molecule has 0 aliphatic rings. The molecule has 2 rings (SSSR count). The van der Waals surface area contributed by atoms with Gasteiger partial charge in [0.05, 0.1) is 5.75 Å². The zero-order chi connectivity index (χ0) is 15.9. The second kappa shape index (κ2) is 8.00. The summed E-state index contributed by atoms with van der Waals surface area (Å²) in [7, 11) is 0. The average Bonchev–Trinajstić information content (AvgIpc) is 2.47. The lowest BCUT2D eigenvalue weighted by Gasteiger charge is -2.07. The SMILES string of the molecule is CC(=O)Nc1cccc(SCC(=O)Nc2ccc(Br)cc2)c1. The summed E-state index contributed by atoms with van der Waals surface area (Å²) < 4.78 is 0.967. The average molecular weight is 379 g/mol. The Morgan fingerprint density at radius 3 is 2.45 bits per heavy atom. The predicted octanol–water partition coefficient (Wildman–Crippen LogP) is 4.14. The maximum absolute atomic E-state index is 11.9. The van der Waals surface area contributed by atoms with Gasteiger partial charge in [0.25, 0.3) is 0 Å². The molecule has 22 heavy (non-hydrogen) atoms. The number of hydrogen-bond acceptors (Lipinski definition) is 3. The molecule has 0 atom stereocenters. The lowest BCUT2D eigenvalue weighted by Crippen LogP contribution is -2.13. The van der Waals surface area contributed by atoms with E-state index in [1.165, 1.54) is 18.7 Å². The number of rotatable bonds is 5. The van der Waals surface area contributed by atoms with Crippen LogP contribution in [0.5, 0.6) is 0 Å². The molecule has 114 valence electrons. The van der Waals surface area contributed by atoms with E-state index in [2.05, 4.69) is 26.6 Å². The van der Waals surface area contributed by atoms with Crippen LogP contribution in [-0.2, 0) is 9.59 Å². The Balaban J connectivity index is 1.88. The van der Waals surface area contributed by atoms with E-state index in [0.29, 0.717) is 5.75 Å². The van der Waals surface area contributed by atoms with Gasteiger partial charge in [-0.15, -0.1) is 11.8 Å². The highest BCUT2D eigenvalue weighted by atomic mass is 79.9. The Bertz CT molecular complexity index is 674. The first-order valence-corrected chi connectivity index (χ1v) is 8.36. The Morgan fingerprint density at radius 1 is 1.05 bits per heavy atom. The minimum Gasteiger partial charge on any atom is -0.326 e. The fourth-order valence-electron chi connectivity index (χ4n) is 1.75. The minimum atomic E-state index is -0.116. The summed E-state index contributed by atoms with van der Waals surface area (Å²) in [6, 6.07) is 14.8. The van der Waals surface area contributed by atoms with E-state index in [-0.39, 0.29) is 11.8 Å².